The number of amides is 2. The number of nitrogens with two attached hydrogens (primary N) is 1. The monoisotopic (exact) mass is 297 g/mol. The van der Waals surface area contributed by atoms with Gasteiger partial charge in [-0.2, -0.15) is 0 Å². The number of carbonyl (C=O) groups excluding carboxylic acids is 2. The number of nitrogen functional groups attached to an aromatic ring is 1. The zero-order chi connectivity index (χ0) is 15.6. The lowest BCUT2D eigenvalue weighted by atomic mass is 10.0. The van der Waals surface area contributed by atoms with Crippen LogP contribution in [0.4, 0.5) is 14.5 Å². The van der Waals surface area contributed by atoms with Crippen LogP contribution < -0.4 is 11.1 Å². The molecule has 1 fully saturated rings. The summed E-state index contributed by atoms with van der Waals surface area (Å²) < 4.78 is 26.3. The first-order chi connectivity index (χ1) is 9.88. The molecule has 1 aromatic rings. The van der Waals surface area contributed by atoms with Gasteiger partial charge in [0.2, 0.25) is 5.91 Å². The van der Waals surface area contributed by atoms with Gasteiger partial charge in [0.15, 0.2) is 11.6 Å². The summed E-state index contributed by atoms with van der Waals surface area (Å²) in [7, 11) is 0. The van der Waals surface area contributed by atoms with Crippen LogP contribution in [0.2, 0.25) is 0 Å². The molecule has 7 heteroatoms. The third kappa shape index (κ3) is 3.48. The molecule has 0 radical (unpaired) electrons. The Hall–Kier alpha value is -2.18. The molecule has 0 atom stereocenters. The highest BCUT2D eigenvalue weighted by atomic mass is 19.2. The third-order valence-electron chi connectivity index (χ3n) is 3.51. The molecule has 5 nitrogen and oxygen atoms in total. The van der Waals surface area contributed by atoms with E-state index in [1.807, 2.05) is 0 Å². The van der Waals surface area contributed by atoms with Crippen LogP contribution in [-0.4, -0.2) is 35.8 Å². The average Bonchev–Trinajstić information content (AvgIpc) is 2.42. The van der Waals surface area contributed by atoms with E-state index in [0.717, 1.165) is 12.1 Å². The van der Waals surface area contributed by atoms with E-state index in [1.54, 1.807) is 0 Å². The minimum atomic E-state index is -1.10. The molecular formula is C14H17F2N3O2. The molecule has 0 bridgehead atoms. The molecule has 0 saturated carbocycles. The smallest absolute Gasteiger partial charge is 0.256 e. The molecule has 1 saturated heterocycles. The molecule has 0 aromatic heterocycles. The Bertz CT molecular complexity index is 570. The Morgan fingerprint density at radius 3 is 2.38 bits per heavy atom. The number of hydrogen-bond donors (Lipinski definition) is 2. The van der Waals surface area contributed by atoms with Crippen molar-refractivity contribution in [3.63, 3.8) is 0 Å². The zero-order valence-electron chi connectivity index (χ0n) is 11.7. The largest absolute Gasteiger partial charge is 0.398 e. The summed E-state index contributed by atoms with van der Waals surface area (Å²) >= 11 is 0. The predicted molar refractivity (Wildman–Crippen MR) is 73.5 cm³/mol. The van der Waals surface area contributed by atoms with E-state index in [4.69, 9.17) is 5.73 Å². The summed E-state index contributed by atoms with van der Waals surface area (Å²) in [5.41, 5.74) is 5.46. The van der Waals surface area contributed by atoms with Crippen molar-refractivity contribution in [1.29, 1.82) is 0 Å². The maximum absolute atomic E-state index is 13.2. The van der Waals surface area contributed by atoms with E-state index in [2.05, 4.69) is 5.32 Å². The third-order valence-corrected chi connectivity index (χ3v) is 3.51. The number of hydrogen-bond acceptors (Lipinski definition) is 3. The summed E-state index contributed by atoms with van der Waals surface area (Å²) in [4.78, 5) is 24.8. The molecule has 2 rings (SSSR count). The summed E-state index contributed by atoms with van der Waals surface area (Å²) in [6.45, 7) is 2.31. The first-order valence-electron chi connectivity index (χ1n) is 6.69. The van der Waals surface area contributed by atoms with E-state index in [1.165, 1.54) is 11.8 Å². The van der Waals surface area contributed by atoms with Crippen molar-refractivity contribution >= 4 is 17.5 Å². The average molecular weight is 297 g/mol. The normalized spacial score (nSPS) is 15.9. The van der Waals surface area contributed by atoms with Crippen molar-refractivity contribution in [1.82, 2.24) is 10.2 Å². The summed E-state index contributed by atoms with van der Waals surface area (Å²) in [6, 6.07) is 1.67. The van der Waals surface area contributed by atoms with Crippen LogP contribution in [0, 0.1) is 11.6 Å². The molecular weight excluding hydrogens is 280 g/mol. The van der Waals surface area contributed by atoms with Crippen LogP contribution in [0.1, 0.15) is 30.1 Å². The van der Waals surface area contributed by atoms with Crippen LogP contribution in [0.15, 0.2) is 12.1 Å². The van der Waals surface area contributed by atoms with Crippen LogP contribution in [0.5, 0.6) is 0 Å². The highest BCUT2D eigenvalue weighted by Gasteiger charge is 2.25. The van der Waals surface area contributed by atoms with Crippen LogP contribution >= 0.6 is 0 Å². The Morgan fingerprint density at radius 1 is 1.24 bits per heavy atom. The van der Waals surface area contributed by atoms with Crippen molar-refractivity contribution in [3.8, 4) is 0 Å². The van der Waals surface area contributed by atoms with Crippen molar-refractivity contribution < 1.29 is 18.4 Å². The summed E-state index contributed by atoms with van der Waals surface area (Å²) in [6.07, 6.45) is 1.24. The quantitative estimate of drug-likeness (QED) is 0.808. The van der Waals surface area contributed by atoms with Crippen LogP contribution in [-0.2, 0) is 4.79 Å². The lowest BCUT2D eigenvalue weighted by molar-refractivity contribution is -0.119. The molecule has 1 aliphatic heterocycles. The van der Waals surface area contributed by atoms with E-state index in [0.29, 0.717) is 25.9 Å². The van der Waals surface area contributed by atoms with E-state index in [9.17, 15) is 18.4 Å². The molecule has 0 unspecified atom stereocenters. The molecule has 1 aliphatic rings. The topological polar surface area (TPSA) is 75.4 Å². The first-order valence-corrected chi connectivity index (χ1v) is 6.69. The number of rotatable bonds is 2. The number of nitrogens with one attached hydrogen (secondary N) is 1. The van der Waals surface area contributed by atoms with Crippen molar-refractivity contribution in [2.24, 2.45) is 0 Å². The molecule has 1 aromatic carbocycles. The maximum atomic E-state index is 13.2. The number of anilines is 1. The Labute approximate surface area is 121 Å². The SMILES string of the molecule is CC(=O)NC1CCN(C(=O)c2cc(F)c(F)cc2N)CC1. The number of piperidine rings is 1. The Balaban J connectivity index is 2.05. The van der Waals surface area contributed by atoms with Crippen molar-refractivity contribution in [2.75, 3.05) is 18.8 Å². The predicted octanol–water partition coefficient (Wildman–Crippen LogP) is 1.29. The van der Waals surface area contributed by atoms with Crippen LogP contribution in [0.25, 0.3) is 0 Å². The molecule has 0 aliphatic carbocycles. The van der Waals surface area contributed by atoms with E-state index >= 15 is 0 Å². The van der Waals surface area contributed by atoms with Crippen molar-refractivity contribution in [2.45, 2.75) is 25.8 Å². The van der Waals surface area contributed by atoms with Gasteiger partial charge in [0, 0.05) is 37.8 Å². The maximum Gasteiger partial charge on any atom is 0.256 e. The number of halogens is 2. The zero-order valence-corrected chi connectivity index (χ0v) is 11.7. The molecule has 114 valence electrons. The number of nitrogens with zero attached hydrogens (tertiary/aromatic N) is 1. The number of carbonyl (C=O) groups is 2. The molecule has 0 spiro atoms. The Morgan fingerprint density at radius 2 is 1.81 bits per heavy atom. The second-order valence-corrected chi connectivity index (χ2v) is 5.12. The van der Waals surface area contributed by atoms with E-state index < -0.39 is 17.5 Å². The van der Waals surface area contributed by atoms with Gasteiger partial charge in [0.05, 0.1) is 5.56 Å². The van der Waals surface area contributed by atoms with Gasteiger partial charge in [0.25, 0.3) is 5.91 Å². The van der Waals surface area contributed by atoms with E-state index in [-0.39, 0.29) is 23.2 Å². The summed E-state index contributed by atoms with van der Waals surface area (Å²) in [5.74, 6) is -2.70. The fraction of sp³-hybridized carbons (Fsp3) is 0.429. The van der Waals surface area contributed by atoms with Gasteiger partial charge in [-0.15, -0.1) is 0 Å². The van der Waals surface area contributed by atoms with Crippen molar-refractivity contribution in [3.05, 3.63) is 29.3 Å². The number of benzene rings is 1. The highest BCUT2D eigenvalue weighted by Crippen LogP contribution is 2.21. The number of likely N-dealkylation sites (tertiary alicyclic amines) is 1. The fourth-order valence-electron chi connectivity index (χ4n) is 2.43. The highest BCUT2D eigenvalue weighted by molar-refractivity contribution is 5.99. The molecule has 21 heavy (non-hydrogen) atoms. The van der Waals surface area contributed by atoms with Gasteiger partial charge in [0.1, 0.15) is 0 Å². The van der Waals surface area contributed by atoms with Gasteiger partial charge < -0.3 is 16.0 Å². The lowest BCUT2D eigenvalue weighted by Gasteiger charge is -2.32. The standard InChI is InChI=1S/C14H17F2N3O2/c1-8(20)18-9-2-4-19(5-3-9)14(21)10-6-11(15)12(16)7-13(10)17/h6-7,9H,2-5,17H2,1H3,(H,18,20). The van der Waals surface area contributed by atoms with Gasteiger partial charge in [-0.3, -0.25) is 9.59 Å². The van der Waals surface area contributed by atoms with Crippen LogP contribution in [0.3, 0.4) is 0 Å². The van der Waals surface area contributed by atoms with Gasteiger partial charge >= 0.3 is 0 Å². The minimum Gasteiger partial charge on any atom is -0.398 e. The van der Waals surface area contributed by atoms with Gasteiger partial charge in [-0.25, -0.2) is 8.78 Å². The molecule has 2 amide bonds. The van der Waals surface area contributed by atoms with Gasteiger partial charge in [-0.05, 0) is 18.9 Å². The molecule has 3 N–H and O–H groups in total. The van der Waals surface area contributed by atoms with Gasteiger partial charge in [-0.1, -0.05) is 0 Å². The Kier molecular flexibility index (Phi) is 4.40. The fourth-order valence-corrected chi connectivity index (χ4v) is 2.43. The minimum absolute atomic E-state index is 0.0353. The second-order valence-electron chi connectivity index (χ2n) is 5.12. The molecule has 1 heterocycles. The first kappa shape index (κ1) is 15.2. The summed E-state index contributed by atoms with van der Waals surface area (Å²) in [5, 5.41) is 2.80. The lowest BCUT2D eigenvalue weighted by Crippen LogP contribution is -2.46. The second kappa shape index (κ2) is 6.07.